The van der Waals surface area contributed by atoms with Gasteiger partial charge in [-0.2, -0.15) is 4.31 Å². The van der Waals surface area contributed by atoms with Gasteiger partial charge in [0.15, 0.2) is 0 Å². The normalized spacial score (nSPS) is 18.1. The van der Waals surface area contributed by atoms with Gasteiger partial charge >= 0.3 is 0 Å². The smallest absolute Gasteiger partial charge is 0.255 e. The Hall–Kier alpha value is -2.46. The summed E-state index contributed by atoms with van der Waals surface area (Å²) in [6, 6.07) is 10.7. The second-order valence-corrected chi connectivity index (χ2v) is 10.8. The van der Waals surface area contributed by atoms with Crippen LogP contribution in [0.5, 0.6) is 0 Å². The fourth-order valence-electron chi connectivity index (χ4n) is 4.37. The summed E-state index contributed by atoms with van der Waals surface area (Å²) < 4.78 is 33.3. The summed E-state index contributed by atoms with van der Waals surface area (Å²) in [6.45, 7) is 12.0. The van der Waals surface area contributed by atoms with Crippen LogP contribution in [0.15, 0.2) is 41.3 Å². The van der Waals surface area contributed by atoms with E-state index in [4.69, 9.17) is 4.74 Å². The summed E-state index contributed by atoms with van der Waals surface area (Å²) in [5, 5.41) is 3.01. The SMILES string of the molecule is CCN1CCN(c2ccc(S(=O)(=O)N3CCOCC3)cc2NC(=O)c2ccc(C)c(C)c2)CC1. The predicted octanol–water partition coefficient (Wildman–Crippen LogP) is 2.72. The van der Waals surface area contributed by atoms with Crippen molar-refractivity contribution in [2.75, 3.05) is 69.2 Å². The number of nitrogens with one attached hydrogen (secondary N) is 1. The largest absolute Gasteiger partial charge is 0.379 e. The highest BCUT2D eigenvalue weighted by molar-refractivity contribution is 7.89. The molecule has 0 radical (unpaired) electrons. The van der Waals surface area contributed by atoms with E-state index in [-0.39, 0.29) is 10.8 Å². The van der Waals surface area contributed by atoms with Crippen LogP contribution in [0.2, 0.25) is 0 Å². The van der Waals surface area contributed by atoms with Gasteiger partial charge in [0.1, 0.15) is 0 Å². The van der Waals surface area contributed by atoms with E-state index in [9.17, 15) is 13.2 Å². The molecule has 2 saturated heterocycles. The monoisotopic (exact) mass is 486 g/mol. The first-order valence-electron chi connectivity index (χ1n) is 11.9. The van der Waals surface area contributed by atoms with Crippen LogP contribution in [-0.4, -0.2) is 82.6 Å². The number of nitrogens with zero attached hydrogens (tertiary/aromatic N) is 3. The highest BCUT2D eigenvalue weighted by Gasteiger charge is 2.28. The van der Waals surface area contributed by atoms with Gasteiger partial charge in [-0.15, -0.1) is 0 Å². The molecule has 184 valence electrons. The van der Waals surface area contributed by atoms with E-state index in [1.54, 1.807) is 18.2 Å². The molecule has 0 saturated carbocycles. The van der Waals surface area contributed by atoms with Crippen LogP contribution in [0.4, 0.5) is 11.4 Å². The van der Waals surface area contributed by atoms with Crippen molar-refractivity contribution >= 4 is 27.3 Å². The minimum atomic E-state index is -3.68. The number of hydrogen-bond donors (Lipinski definition) is 1. The highest BCUT2D eigenvalue weighted by atomic mass is 32.2. The Morgan fingerprint density at radius 2 is 1.65 bits per heavy atom. The molecular weight excluding hydrogens is 452 g/mol. The predicted molar refractivity (Wildman–Crippen MR) is 134 cm³/mol. The van der Waals surface area contributed by atoms with Crippen LogP contribution in [-0.2, 0) is 14.8 Å². The number of ether oxygens (including phenoxy) is 1. The number of amides is 1. The maximum absolute atomic E-state index is 13.3. The summed E-state index contributed by atoms with van der Waals surface area (Å²) in [7, 11) is -3.68. The molecule has 2 aromatic rings. The molecule has 2 aliphatic heterocycles. The zero-order valence-electron chi connectivity index (χ0n) is 20.2. The number of aryl methyl sites for hydroxylation is 2. The van der Waals surface area contributed by atoms with Gasteiger partial charge in [-0.05, 0) is 61.9 Å². The molecule has 0 aromatic heterocycles. The number of hydrogen-bond acceptors (Lipinski definition) is 6. The maximum atomic E-state index is 13.3. The molecule has 4 rings (SSSR count). The number of anilines is 2. The minimum absolute atomic E-state index is 0.181. The molecule has 0 aliphatic carbocycles. The Balaban J connectivity index is 1.67. The molecule has 2 aromatic carbocycles. The third kappa shape index (κ3) is 5.27. The van der Waals surface area contributed by atoms with Crippen LogP contribution < -0.4 is 10.2 Å². The number of sulfonamides is 1. The molecule has 0 unspecified atom stereocenters. The Kier molecular flexibility index (Phi) is 7.57. The molecule has 0 atom stereocenters. The number of morpholine rings is 1. The summed E-state index contributed by atoms with van der Waals surface area (Å²) in [5.41, 5.74) is 4.06. The summed E-state index contributed by atoms with van der Waals surface area (Å²) in [5.74, 6) is -0.252. The van der Waals surface area contributed by atoms with Gasteiger partial charge in [0.05, 0.1) is 29.5 Å². The minimum Gasteiger partial charge on any atom is -0.379 e. The van der Waals surface area contributed by atoms with Gasteiger partial charge in [-0.3, -0.25) is 4.79 Å². The Labute approximate surface area is 202 Å². The second kappa shape index (κ2) is 10.4. The van der Waals surface area contributed by atoms with Crippen molar-refractivity contribution in [3.8, 4) is 0 Å². The number of benzene rings is 2. The molecule has 8 nitrogen and oxygen atoms in total. The van der Waals surface area contributed by atoms with Crippen molar-refractivity contribution in [3.63, 3.8) is 0 Å². The Bertz CT molecular complexity index is 1140. The molecule has 9 heteroatoms. The van der Waals surface area contributed by atoms with Crippen molar-refractivity contribution in [3.05, 3.63) is 53.1 Å². The fraction of sp³-hybridized carbons (Fsp3) is 0.480. The first kappa shape index (κ1) is 24.7. The van der Waals surface area contributed by atoms with Crippen molar-refractivity contribution in [1.82, 2.24) is 9.21 Å². The van der Waals surface area contributed by atoms with Gasteiger partial charge < -0.3 is 19.9 Å². The Morgan fingerprint density at radius 1 is 0.941 bits per heavy atom. The second-order valence-electron chi connectivity index (χ2n) is 8.87. The van der Waals surface area contributed by atoms with Gasteiger partial charge in [0, 0.05) is 44.8 Å². The van der Waals surface area contributed by atoms with E-state index in [1.807, 2.05) is 32.0 Å². The van der Waals surface area contributed by atoms with Crippen LogP contribution in [0, 0.1) is 13.8 Å². The third-order valence-corrected chi connectivity index (χ3v) is 8.65. The average molecular weight is 487 g/mol. The number of carbonyl (C=O) groups is 1. The van der Waals surface area contributed by atoms with E-state index in [1.165, 1.54) is 4.31 Å². The molecule has 1 amide bonds. The quantitative estimate of drug-likeness (QED) is 0.676. The van der Waals surface area contributed by atoms with Crippen LogP contribution in [0.25, 0.3) is 0 Å². The lowest BCUT2D eigenvalue weighted by molar-refractivity contribution is 0.0730. The zero-order chi connectivity index (χ0) is 24.3. The fourth-order valence-corrected chi connectivity index (χ4v) is 5.80. The lowest BCUT2D eigenvalue weighted by Gasteiger charge is -2.36. The molecule has 0 bridgehead atoms. The van der Waals surface area contributed by atoms with Gasteiger partial charge in [-0.1, -0.05) is 13.0 Å². The first-order chi connectivity index (χ1) is 16.3. The number of likely N-dealkylation sites (N-methyl/N-ethyl adjacent to an activating group) is 1. The molecule has 2 heterocycles. The number of rotatable bonds is 6. The topological polar surface area (TPSA) is 82.2 Å². The van der Waals surface area contributed by atoms with E-state index >= 15 is 0 Å². The van der Waals surface area contributed by atoms with Gasteiger partial charge in [-0.25, -0.2) is 8.42 Å². The van der Waals surface area contributed by atoms with Crippen LogP contribution in [0.1, 0.15) is 28.4 Å². The first-order valence-corrected chi connectivity index (χ1v) is 13.3. The third-order valence-electron chi connectivity index (χ3n) is 6.75. The number of piperazine rings is 1. The summed E-state index contributed by atoms with van der Waals surface area (Å²) in [6.07, 6.45) is 0. The van der Waals surface area contributed by atoms with Crippen molar-refractivity contribution < 1.29 is 17.9 Å². The van der Waals surface area contributed by atoms with E-state index in [0.717, 1.165) is 49.5 Å². The lowest BCUT2D eigenvalue weighted by atomic mass is 10.1. The molecule has 34 heavy (non-hydrogen) atoms. The molecule has 2 fully saturated rings. The molecular formula is C25H34N4O4S. The van der Waals surface area contributed by atoms with Gasteiger partial charge in [0.25, 0.3) is 5.91 Å². The van der Waals surface area contributed by atoms with Crippen LogP contribution in [0.3, 0.4) is 0 Å². The Morgan fingerprint density at radius 3 is 2.29 bits per heavy atom. The maximum Gasteiger partial charge on any atom is 0.255 e. The van der Waals surface area contributed by atoms with E-state index < -0.39 is 10.0 Å². The highest BCUT2D eigenvalue weighted by Crippen LogP contribution is 2.32. The molecule has 1 N–H and O–H groups in total. The number of carbonyl (C=O) groups excluding carboxylic acids is 1. The van der Waals surface area contributed by atoms with Crippen molar-refractivity contribution in [2.45, 2.75) is 25.7 Å². The molecule has 2 aliphatic rings. The van der Waals surface area contributed by atoms with E-state index in [0.29, 0.717) is 37.6 Å². The van der Waals surface area contributed by atoms with Crippen molar-refractivity contribution in [1.29, 1.82) is 0 Å². The standard InChI is InChI=1S/C25H34N4O4S/c1-4-27-9-11-28(12-10-27)24-8-7-22(34(31,32)29-13-15-33-16-14-29)18-23(24)26-25(30)21-6-5-19(2)20(3)17-21/h5-8,17-18H,4,9-16H2,1-3H3,(H,26,30). The molecule has 0 spiro atoms. The van der Waals surface area contributed by atoms with E-state index in [2.05, 4.69) is 22.0 Å². The summed E-state index contributed by atoms with van der Waals surface area (Å²) in [4.78, 5) is 17.9. The average Bonchev–Trinajstić information content (AvgIpc) is 2.86. The van der Waals surface area contributed by atoms with Gasteiger partial charge in [0.2, 0.25) is 10.0 Å². The van der Waals surface area contributed by atoms with Crippen molar-refractivity contribution in [2.24, 2.45) is 0 Å². The zero-order valence-corrected chi connectivity index (χ0v) is 21.0. The summed E-state index contributed by atoms with van der Waals surface area (Å²) >= 11 is 0. The lowest BCUT2D eigenvalue weighted by Crippen LogP contribution is -2.46. The van der Waals surface area contributed by atoms with Crippen LogP contribution >= 0.6 is 0 Å².